The first-order valence-electron chi connectivity index (χ1n) is 7.21. The van der Waals surface area contributed by atoms with Crippen LogP contribution in [0.5, 0.6) is 0 Å². The van der Waals surface area contributed by atoms with Crippen molar-refractivity contribution in [2.45, 2.75) is 13.0 Å². The Labute approximate surface area is 124 Å². The van der Waals surface area contributed by atoms with Crippen LogP contribution < -0.4 is 5.73 Å². The van der Waals surface area contributed by atoms with E-state index in [4.69, 9.17) is 5.73 Å². The third kappa shape index (κ3) is 2.56. The van der Waals surface area contributed by atoms with Crippen LogP contribution in [0.15, 0.2) is 30.3 Å². The first-order chi connectivity index (χ1) is 10.1. The fourth-order valence-corrected chi connectivity index (χ4v) is 2.97. The van der Waals surface area contributed by atoms with Crippen LogP contribution in [0.1, 0.15) is 17.3 Å². The lowest BCUT2D eigenvalue weighted by Crippen LogP contribution is -2.52. The number of nitrogens with zero attached hydrogens (tertiary/aromatic N) is 3. The van der Waals surface area contributed by atoms with Crippen LogP contribution >= 0.6 is 0 Å². The lowest BCUT2D eigenvalue weighted by molar-refractivity contribution is 0.0535. The summed E-state index contributed by atoms with van der Waals surface area (Å²) in [7, 11) is 2.08. The highest BCUT2D eigenvalue weighted by molar-refractivity contribution is 6.07. The summed E-state index contributed by atoms with van der Waals surface area (Å²) in [6.45, 7) is 4.62. The number of amides is 1. The number of likely N-dealkylation sites (N-methyl/N-ethyl adjacent to an activating group) is 1. The Bertz CT molecular complexity index is 685. The van der Waals surface area contributed by atoms with E-state index in [9.17, 15) is 4.79 Å². The first-order valence-corrected chi connectivity index (χ1v) is 7.21. The number of rotatable bonds is 1. The van der Waals surface area contributed by atoms with E-state index in [1.807, 2.05) is 29.2 Å². The lowest BCUT2D eigenvalue weighted by atomic mass is 10.1. The van der Waals surface area contributed by atoms with Crippen molar-refractivity contribution in [3.63, 3.8) is 0 Å². The molecule has 21 heavy (non-hydrogen) atoms. The molecule has 1 fully saturated rings. The molecule has 5 heteroatoms. The molecule has 3 rings (SSSR count). The molecule has 1 aromatic carbocycles. The molecule has 2 heterocycles. The molecule has 1 saturated heterocycles. The monoisotopic (exact) mass is 284 g/mol. The fourth-order valence-electron chi connectivity index (χ4n) is 2.97. The van der Waals surface area contributed by atoms with E-state index in [1.54, 1.807) is 6.07 Å². The van der Waals surface area contributed by atoms with Gasteiger partial charge in [-0.15, -0.1) is 0 Å². The molecule has 1 aromatic heterocycles. The Balaban J connectivity index is 2.02. The van der Waals surface area contributed by atoms with Crippen molar-refractivity contribution in [1.82, 2.24) is 14.8 Å². The summed E-state index contributed by atoms with van der Waals surface area (Å²) in [4.78, 5) is 21.4. The largest absolute Gasteiger partial charge is 0.384 e. The average Bonchev–Trinajstić information content (AvgIpc) is 2.45. The summed E-state index contributed by atoms with van der Waals surface area (Å²) >= 11 is 0. The molecule has 2 aromatic rings. The van der Waals surface area contributed by atoms with Gasteiger partial charge in [-0.2, -0.15) is 0 Å². The van der Waals surface area contributed by atoms with Gasteiger partial charge in [0.25, 0.3) is 5.91 Å². The summed E-state index contributed by atoms with van der Waals surface area (Å²) in [5, 5.41) is 0.864. The van der Waals surface area contributed by atoms with E-state index >= 15 is 0 Å². The van der Waals surface area contributed by atoms with Crippen molar-refractivity contribution in [3.8, 4) is 0 Å². The minimum atomic E-state index is 0.0425. The number of fused-ring (bicyclic) bond motifs is 1. The van der Waals surface area contributed by atoms with Crippen molar-refractivity contribution in [2.24, 2.45) is 0 Å². The molecule has 0 saturated carbocycles. The number of benzene rings is 1. The maximum atomic E-state index is 12.9. The number of pyridine rings is 1. The lowest BCUT2D eigenvalue weighted by Gasteiger charge is -2.38. The Hall–Kier alpha value is -2.14. The number of piperazine rings is 1. The van der Waals surface area contributed by atoms with E-state index < -0.39 is 0 Å². The Morgan fingerprint density at radius 3 is 2.86 bits per heavy atom. The van der Waals surface area contributed by atoms with Gasteiger partial charge in [-0.05, 0) is 26.1 Å². The molecule has 1 aliphatic heterocycles. The number of hydrogen-bond acceptors (Lipinski definition) is 4. The second kappa shape index (κ2) is 5.33. The van der Waals surface area contributed by atoms with Gasteiger partial charge in [0.1, 0.15) is 5.82 Å². The summed E-state index contributed by atoms with van der Waals surface area (Å²) in [6, 6.07) is 9.53. The third-order valence-electron chi connectivity index (χ3n) is 4.06. The summed E-state index contributed by atoms with van der Waals surface area (Å²) in [6.07, 6.45) is 0. The van der Waals surface area contributed by atoms with Crippen molar-refractivity contribution in [2.75, 3.05) is 32.4 Å². The van der Waals surface area contributed by atoms with Gasteiger partial charge in [0.15, 0.2) is 0 Å². The highest BCUT2D eigenvalue weighted by Crippen LogP contribution is 2.22. The van der Waals surface area contributed by atoms with Crippen LogP contribution in [0.4, 0.5) is 5.82 Å². The van der Waals surface area contributed by atoms with E-state index in [-0.39, 0.29) is 11.9 Å². The molecule has 2 N–H and O–H groups in total. The summed E-state index contributed by atoms with van der Waals surface area (Å²) in [5.74, 6) is 0.430. The number of nitrogen functional groups attached to an aromatic ring is 1. The Morgan fingerprint density at radius 1 is 1.33 bits per heavy atom. The van der Waals surface area contributed by atoms with Gasteiger partial charge >= 0.3 is 0 Å². The molecule has 1 unspecified atom stereocenters. The highest BCUT2D eigenvalue weighted by Gasteiger charge is 2.27. The topological polar surface area (TPSA) is 62.5 Å². The molecular weight excluding hydrogens is 264 g/mol. The van der Waals surface area contributed by atoms with Gasteiger partial charge < -0.3 is 15.5 Å². The minimum Gasteiger partial charge on any atom is -0.384 e. The molecule has 5 nitrogen and oxygen atoms in total. The number of nitrogens with two attached hydrogens (primary N) is 1. The zero-order valence-corrected chi connectivity index (χ0v) is 12.4. The van der Waals surface area contributed by atoms with Crippen molar-refractivity contribution in [1.29, 1.82) is 0 Å². The maximum absolute atomic E-state index is 12.9. The normalized spacial score (nSPS) is 19.9. The highest BCUT2D eigenvalue weighted by atomic mass is 16.2. The molecule has 1 amide bonds. The molecule has 0 aliphatic carbocycles. The second-order valence-corrected chi connectivity index (χ2v) is 5.72. The molecular formula is C16H20N4O. The van der Waals surface area contributed by atoms with Crippen molar-refractivity contribution < 1.29 is 4.79 Å². The number of aromatic nitrogens is 1. The van der Waals surface area contributed by atoms with E-state index in [1.165, 1.54) is 0 Å². The van der Waals surface area contributed by atoms with Gasteiger partial charge in [-0.3, -0.25) is 4.79 Å². The van der Waals surface area contributed by atoms with Crippen molar-refractivity contribution in [3.05, 3.63) is 35.9 Å². The maximum Gasteiger partial charge on any atom is 0.255 e. The molecule has 1 atom stereocenters. The zero-order valence-electron chi connectivity index (χ0n) is 12.4. The summed E-state index contributed by atoms with van der Waals surface area (Å²) < 4.78 is 0. The number of para-hydroxylation sites is 1. The molecule has 0 spiro atoms. The van der Waals surface area contributed by atoms with Crippen LogP contribution in [0.25, 0.3) is 10.9 Å². The van der Waals surface area contributed by atoms with Crippen LogP contribution in [0, 0.1) is 0 Å². The standard InChI is InChI=1S/C16H20N4O/c1-11-10-19(2)7-8-20(11)16(21)13-9-15(17)18-14-6-4-3-5-12(13)14/h3-6,9,11H,7-8,10H2,1-2H3,(H2,17,18). The fraction of sp³-hybridized carbons (Fsp3) is 0.375. The number of anilines is 1. The van der Waals surface area contributed by atoms with Gasteiger partial charge in [0.2, 0.25) is 0 Å². The number of carbonyl (C=O) groups excluding carboxylic acids is 1. The van der Waals surface area contributed by atoms with Gasteiger partial charge in [0.05, 0.1) is 11.1 Å². The first kappa shape index (κ1) is 13.8. The smallest absolute Gasteiger partial charge is 0.255 e. The van der Waals surface area contributed by atoms with Crippen LogP contribution in [0.2, 0.25) is 0 Å². The predicted octanol–water partition coefficient (Wildman–Crippen LogP) is 1.59. The van der Waals surface area contributed by atoms with E-state index in [2.05, 4.69) is 23.9 Å². The van der Waals surface area contributed by atoms with E-state index in [0.29, 0.717) is 11.4 Å². The predicted molar refractivity (Wildman–Crippen MR) is 84.2 cm³/mol. The summed E-state index contributed by atoms with van der Waals surface area (Å²) in [5.41, 5.74) is 7.27. The molecule has 1 aliphatic rings. The van der Waals surface area contributed by atoms with Crippen LogP contribution in [0.3, 0.4) is 0 Å². The van der Waals surface area contributed by atoms with Crippen LogP contribution in [-0.4, -0.2) is 53.4 Å². The van der Waals surface area contributed by atoms with Crippen LogP contribution in [-0.2, 0) is 0 Å². The third-order valence-corrected chi connectivity index (χ3v) is 4.06. The van der Waals surface area contributed by atoms with Gasteiger partial charge in [0, 0.05) is 31.1 Å². The van der Waals surface area contributed by atoms with E-state index in [0.717, 1.165) is 30.5 Å². The van der Waals surface area contributed by atoms with Gasteiger partial charge in [-0.25, -0.2) is 4.98 Å². The molecule has 0 radical (unpaired) electrons. The SMILES string of the molecule is CC1CN(C)CCN1C(=O)c1cc(N)nc2ccccc12. The molecule has 0 bridgehead atoms. The Kier molecular flexibility index (Phi) is 3.51. The van der Waals surface area contributed by atoms with Gasteiger partial charge in [-0.1, -0.05) is 18.2 Å². The second-order valence-electron chi connectivity index (χ2n) is 5.72. The van der Waals surface area contributed by atoms with Crippen molar-refractivity contribution >= 4 is 22.6 Å². The Morgan fingerprint density at radius 2 is 2.10 bits per heavy atom. The number of carbonyl (C=O) groups is 1. The molecule has 110 valence electrons. The number of hydrogen-bond donors (Lipinski definition) is 1. The average molecular weight is 284 g/mol. The quantitative estimate of drug-likeness (QED) is 0.864. The minimum absolute atomic E-state index is 0.0425. The zero-order chi connectivity index (χ0) is 15.0.